The van der Waals surface area contributed by atoms with Crippen LogP contribution in [0.1, 0.15) is 42.1 Å². The number of likely N-dealkylation sites (N-methyl/N-ethyl adjacent to an activating group) is 1. The van der Waals surface area contributed by atoms with Gasteiger partial charge in [-0.05, 0) is 38.6 Å². The van der Waals surface area contributed by atoms with E-state index in [2.05, 4.69) is 39.3 Å². The molecule has 3 N–H and O–H groups in total. The van der Waals surface area contributed by atoms with Crippen LogP contribution in [-0.2, 0) is 6.54 Å². The summed E-state index contributed by atoms with van der Waals surface area (Å²) < 4.78 is 7.51. The quantitative estimate of drug-likeness (QED) is 0.487. The monoisotopic (exact) mass is 466 g/mol. The molecule has 0 aliphatic carbocycles. The Labute approximate surface area is 200 Å². The zero-order chi connectivity index (χ0) is 24.1. The number of ether oxygens (including phenoxy) is 1. The van der Waals surface area contributed by atoms with Gasteiger partial charge < -0.3 is 25.6 Å². The van der Waals surface area contributed by atoms with Crippen LogP contribution in [-0.4, -0.2) is 82.3 Å². The predicted octanol–water partition coefficient (Wildman–Crippen LogP) is 2.46. The Morgan fingerprint density at radius 3 is 2.85 bits per heavy atom. The first-order valence-corrected chi connectivity index (χ1v) is 11.9. The molecule has 1 aliphatic rings. The minimum atomic E-state index is 0.0379. The Hall–Kier alpha value is -3.40. The van der Waals surface area contributed by atoms with Gasteiger partial charge in [0.1, 0.15) is 16.8 Å². The van der Waals surface area contributed by atoms with Gasteiger partial charge in [0, 0.05) is 37.3 Å². The Balaban J connectivity index is 1.59. The number of fused-ring (bicyclic) bond motifs is 1. The number of unbranched alkanes of at least 4 members (excludes halogenated alkanes) is 1. The van der Waals surface area contributed by atoms with Gasteiger partial charge in [-0.25, -0.2) is 4.98 Å². The maximum Gasteiger partial charge on any atom is 0.254 e. The summed E-state index contributed by atoms with van der Waals surface area (Å²) in [6.07, 6.45) is 4.77. The molecule has 1 amide bonds. The number of nitrogen functional groups attached to an aromatic ring is 1. The second-order valence-electron chi connectivity index (χ2n) is 8.72. The molecule has 0 bridgehead atoms. The van der Waals surface area contributed by atoms with Crippen molar-refractivity contribution in [3.63, 3.8) is 0 Å². The van der Waals surface area contributed by atoms with Crippen molar-refractivity contribution >= 4 is 28.7 Å². The second-order valence-corrected chi connectivity index (χ2v) is 8.72. The van der Waals surface area contributed by atoms with Gasteiger partial charge in [-0.3, -0.25) is 9.48 Å². The van der Waals surface area contributed by atoms with E-state index in [-0.39, 0.29) is 11.9 Å². The molecule has 3 heterocycles. The summed E-state index contributed by atoms with van der Waals surface area (Å²) in [6, 6.07) is 5.63. The van der Waals surface area contributed by atoms with Gasteiger partial charge in [-0.1, -0.05) is 19.4 Å². The molecule has 1 fully saturated rings. The van der Waals surface area contributed by atoms with Crippen molar-refractivity contribution in [2.45, 2.75) is 32.7 Å². The number of nitrogens with zero attached hydrogens (tertiary/aromatic N) is 6. The highest BCUT2D eigenvalue weighted by Crippen LogP contribution is 2.26. The molecule has 0 spiro atoms. The zero-order valence-electron chi connectivity index (χ0n) is 20.3. The average Bonchev–Trinajstić information content (AvgIpc) is 3.09. The molecular weight excluding hydrogens is 432 g/mol. The molecule has 0 radical (unpaired) electrons. The van der Waals surface area contributed by atoms with Gasteiger partial charge in [0.15, 0.2) is 5.82 Å². The molecule has 0 atom stereocenters. The highest BCUT2D eigenvalue weighted by atomic mass is 16.5. The topological polar surface area (TPSA) is 114 Å². The molecule has 4 rings (SSSR count). The lowest BCUT2D eigenvalue weighted by Gasteiger charge is -2.21. The minimum Gasteiger partial charge on any atom is -0.496 e. The molecule has 1 saturated heterocycles. The number of nitrogens with two attached hydrogens (primary N) is 1. The zero-order valence-corrected chi connectivity index (χ0v) is 20.3. The first kappa shape index (κ1) is 23.7. The first-order valence-electron chi connectivity index (χ1n) is 11.9. The molecular formula is C24H34N8O2. The molecule has 10 heteroatoms. The summed E-state index contributed by atoms with van der Waals surface area (Å²) in [7, 11) is 3.71. The number of anilines is 2. The standard InChI is InChI=1S/C24H34N8O2/c1-4-5-9-26-22-21-19(28-24(25)29-22)15-27-32(21)16-18-8-7-17(14-20(18)34-3)23(33)31-11-6-10-30(2)12-13-31/h7-8,14-15H,4-6,9-13,16H2,1-3H3,(H3,25,26,28,29). The lowest BCUT2D eigenvalue weighted by Crippen LogP contribution is -2.34. The lowest BCUT2D eigenvalue weighted by molar-refractivity contribution is 0.0762. The van der Waals surface area contributed by atoms with Crippen molar-refractivity contribution in [3.8, 4) is 5.75 Å². The first-order chi connectivity index (χ1) is 16.5. The highest BCUT2D eigenvalue weighted by Gasteiger charge is 2.21. The molecule has 3 aromatic rings. The van der Waals surface area contributed by atoms with Crippen molar-refractivity contribution in [1.29, 1.82) is 0 Å². The van der Waals surface area contributed by atoms with Gasteiger partial charge in [0.25, 0.3) is 5.91 Å². The summed E-state index contributed by atoms with van der Waals surface area (Å²) in [6.45, 7) is 6.77. The number of methoxy groups -OCH3 is 1. The third kappa shape index (κ3) is 5.22. The van der Waals surface area contributed by atoms with Crippen molar-refractivity contribution in [2.75, 3.05) is 57.9 Å². The maximum absolute atomic E-state index is 13.1. The van der Waals surface area contributed by atoms with Crippen LogP contribution in [0.5, 0.6) is 5.75 Å². The summed E-state index contributed by atoms with van der Waals surface area (Å²) in [5, 5.41) is 7.89. The van der Waals surface area contributed by atoms with Gasteiger partial charge >= 0.3 is 0 Å². The van der Waals surface area contributed by atoms with Crippen LogP contribution < -0.4 is 15.8 Å². The van der Waals surface area contributed by atoms with E-state index < -0.39 is 0 Å². The van der Waals surface area contributed by atoms with Gasteiger partial charge in [-0.15, -0.1) is 0 Å². The maximum atomic E-state index is 13.1. The van der Waals surface area contributed by atoms with E-state index in [0.717, 1.165) is 63.1 Å². The van der Waals surface area contributed by atoms with Crippen molar-refractivity contribution in [2.24, 2.45) is 0 Å². The Bertz CT molecular complexity index is 1150. The fourth-order valence-electron chi connectivity index (χ4n) is 4.25. The molecule has 182 valence electrons. The van der Waals surface area contributed by atoms with Crippen molar-refractivity contribution in [1.82, 2.24) is 29.5 Å². The molecule has 2 aromatic heterocycles. The van der Waals surface area contributed by atoms with Crippen LogP contribution in [0, 0.1) is 0 Å². The molecule has 1 aromatic carbocycles. The van der Waals surface area contributed by atoms with E-state index in [1.165, 1.54) is 0 Å². The van der Waals surface area contributed by atoms with E-state index in [9.17, 15) is 4.79 Å². The molecule has 0 unspecified atom stereocenters. The third-order valence-corrected chi connectivity index (χ3v) is 6.19. The summed E-state index contributed by atoms with van der Waals surface area (Å²) in [5.41, 5.74) is 8.92. The van der Waals surface area contributed by atoms with Crippen LogP contribution in [0.4, 0.5) is 11.8 Å². The van der Waals surface area contributed by atoms with Crippen LogP contribution in [0.15, 0.2) is 24.4 Å². The molecule has 1 aliphatic heterocycles. The molecule has 0 saturated carbocycles. The smallest absolute Gasteiger partial charge is 0.254 e. The number of carbonyl (C=O) groups is 1. The van der Waals surface area contributed by atoms with Crippen molar-refractivity contribution < 1.29 is 9.53 Å². The number of carbonyl (C=O) groups excluding carboxylic acids is 1. The average molecular weight is 467 g/mol. The van der Waals surface area contributed by atoms with Gasteiger partial charge in [0.05, 0.1) is 19.9 Å². The van der Waals surface area contributed by atoms with Crippen LogP contribution in [0.25, 0.3) is 11.0 Å². The Kier molecular flexibility index (Phi) is 7.46. The fraction of sp³-hybridized carbons (Fsp3) is 0.500. The van der Waals surface area contributed by atoms with Crippen LogP contribution >= 0.6 is 0 Å². The summed E-state index contributed by atoms with van der Waals surface area (Å²) in [5.74, 6) is 1.57. The van der Waals surface area contributed by atoms with E-state index in [0.29, 0.717) is 29.2 Å². The fourth-order valence-corrected chi connectivity index (χ4v) is 4.25. The summed E-state index contributed by atoms with van der Waals surface area (Å²) in [4.78, 5) is 26.0. The number of benzene rings is 1. The number of hydrogen-bond acceptors (Lipinski definition) is 8. The Morgan fingerprint density at radius 2 is 2.06 bits per heavy atom. The van der Waals surface area contributed by atoms with E-state index in [4.69, 9.17) is 10.5 Å². The molecule has 10 nitrogen and oxygen atoms in total. The van der Waals surface area contributed by atoms with Gasteiger partial charge in [-0.2, -0.15) is 10.1 Å². The second kappa shape index (κ2) is 10.7. The van der Waals surface area contributed by atoms with E-state index >= 15 is 0 Å². The van der Waals surface area contributed by atoms with Crippen LogP contribution in [0.2, 0.25) is 0 Å². The number of nitrogens with one attached hydrogen (secondary N) is 1. The molecule has 34 heavy (non-hydrogen) atoms. The predicted molar refractivity (Wildman–Crippen MR) is 133 cm³/mol. The van der Waals surface area contributed by atoms with Crippen LogP contribution in [0.3, 0.4) is 0 Å². The minimum absolute atomic E-state index is 0.0379. The largest absolute Gasteiger partial charge is 0.496 e. The SMILES string of the molecule is CCCCNc1nc(N)nc2cnn(Cc3ccc(C(=O)N4CCCN(C)CC4)cc3OC)c12. The number of hydrogen-bond donors (Lipinski definition) is 2. The Morgan fingerprint density at radius 1 is 1.21 bits per heavy atom. The number of amides is 1. The third-order valence-electron chi connectivity index (χ3n) is 6.19. The normalized spacial score (nSPS) is 14.9. The van der Waals surface area contributed by atoms with Crippen molar-refractivity contribution in [3.05, 3.63) is 35.5 Å². The number of rotatable bonds is 8. The summed E-state index contributed by atoms with van der Waals surface area (Å²) >= 11 is 0. The van der Waals surface area contributed by atoms with Gasteiger partial charge in [0.2, 0.25) is 5.95 Å². The lowest BCUT2D eigenvalue weighted by atomic mass is 10.1. The number of aromatic nitrogens is 4. The van der Waals surface area contributed by atoms with E-state index in [1.54, 1.807) is 13.3 Å². The van der Waals surface area contributed by atoms with E-state index in [1.807, 2.05) is 27.8 Å². The highest BCUT2D eigenvalue weighted by molar-refractivity contribution is 5.95.